The van der Waals surface area contributed by atoms with Gasteiger partial charge in [0, 0.05) is 38.4 Å². The molecular weight excluding hydrogens is 370 g/mol. The van der Waals surface area contributed by atoms with Gasteiger partial charge in [0.2, 0.25) is 0 Å². The zero-order chi connectivity index (χ0) is 21.0. The first-order chi connectivity index (χ1) is 14.1. The Labute approximate surface area is 174 Å². The average Bonchev–Trinajstić information content (AvgIpc) is 3.37. The third-order valence-corrected chi connectivity index (χ3v) is 6.18. The SMILES string of the molecule is CC(C)(C)c1cc2c(cn1)nc1c3cc4c5ccc(o5)c4cc3cc(C(C)(C)C)n21. The van der Waals surface area contributed by atoms with Gasteiger partial charge in [-0.05, 0) is 41.8 Å². The third-order valence-electron chi connectivity index (χ3n) is 6.18. The summed E-state index contributed by atoms with van der Waals surface area (Å²) in [7, 11) is 0. The number of aromatic nitrogens is 3. The van der Waals surface area contributed by atoms with Crippen molar-refractivity contribution in [1.29, 1.82) is 0 Å². The Morgan fingerprint density at radius 2 is 1.50 bits per heavy atom. The van der Waals surface area contributed by atoms with Gasteiger partial charge in [-0.2, -0.15) is 0 Å². The molecule has 4 nitrogen and oxygen atoms in total. The Kier molecular flexibility index (Phi) is 3.13. The first-order valence-corrected chi connectivity index (χ1v) is 10.5. The number of imidazole rings is 1. The number of fused-ring (bicyclic) bond motifs is 10. The lowest BCUT2D eigenvalue weighted by Gasteiger charge is -2.23. The van der Waals surface area contributed by atoms with Crippen LogP contribution in [0.25, 0.3) is 49.4 Å². The van der Waals surface area contributed by atoms with Gasteiger partial charge < -0.3 is 4.42 Å². The lowest BCUT2D eigenvalue weighted by atomic mass is 9.89. The molecule has 2 bridgehead atoms. The quantitative estimate of drug-likeness (QED) is 0.261. The molecule has 0 aliphatic carbocycles. The maximum atomic E-state index is 5.92. The van der Waals surface area contributed by atoms with Crippen LogP contribution in [0, 0.1) is 0 Å². The molecule has 5 aromatic heterocycles. The van der Waals surface area contributed by atoms with Crippen LogP contribution in [0.15, 0.2) is 47.0 Å². The number of nitrogens with zero attached hydrogens (tertiary/aromatic N) is 3. The van der Waals surface area contributed by atoms with E-state index in [0.717, 1.165) is 44.3 Å². The lowest BCUT2D eigenvalue weighted by Crippen LogP contribution is -2.17. The standard InChI is InChI=1S/C26H25N3O/c1-25(2,3)22-12-19-18(13-27-22)28-24-15-11-17-16(20-7-8-21(17)30-20)9-14(15)10-23(29(19)24)26(4,5)6/h7-13H,1-6H3. The predicted octanol–water partition coefficient (Wildman–Crippen LogP) is 6.97. The van der Waals surface area contributed by atoms with E-state index in [1.54, 1.807) is 0 Å². The van der Waals surface area contributed by atoms with Crippen molar-refractivity contribution in [2.45, 2.75) is 52.4 Å². The zero-order valence-corrected chi connectivity index (χ0v) is 18.3. The highest BCUT2D eigenvalue weighted by Gasteiger charge is 2.24. The number of benzene rings is 2. The van der Waals surface area contributed by atoms with E-state index in [-0.39, 0.29) is 10.8 Å². The van der Waals surface area contributed by atoms with Gasteiger partial charge in [0.05, 0.1) is 11.7 Å². The molecule has 4 heteroatoms. The first-order valence-electron chi connectivity index (χ1n) is 10.5. The summed E-state index contributed by atoms with van der Waals surface area (Å²) in [6.45, 7) is 13.4. The molecule has 0 fully saturated rings. The van der Waals surface area contributed by atoms with Crippen molar-refractivity contribution in [3.05, 3.63) is 54.0 Å². The second-order valence-corrected chi connectivity index (χ2v) is 10.5. The topological polar surface area (TPSA) is 43.3 Å². The molecular formula is C26H25N3O. The molecule has 0 radical (unpaired) electrons. The average molecular weight is 396 g/mol. The third kappa shape index (κ3) is 2.28. The molecule has 0 atom stereocenters. The lowest BCUT2D eigenvalue weighted by molar-refractivity contribution is 0.563. The summed E-state index contributed by atoms with van der Waals surface area (Å²) in [5.74, 6) is 0. The van der Waals surface area contributed by atoms with Crippen molar-refractivity contribution in [2.75, 3.05) is 0 Å². The van der Waals surface area contributed by atoms with Gasteiger partial charge in [-0.3, -0.25) is 9.38 Å². The number of furan rings is 2. The first kappa shape index (κ1) is 17.7. The van der Waals surface area contributed by atoms with E-state index >= 15 is 0 Å². The van der Waals surface area contributed by atoms with E-state index < -0.39 is 0 Å². The van der Waals surface area contributed by atoms with Gasteiger partial charge in [-0.15, -0.1) is 0 Å². The molecule has 0 amide bonds. The summed E-state index contributed by atoms with van der Waals surface area (Å²) in [4.78, 5) is 9.78. The molecule has 6 aromatic rings. The minimum Gasteiger partial charge on any atom is -0.456 e. The van der Waals surface area contributed by atoms with E-state index in [4.69, 9.17) is 14.4 Å². The van der Waals surface area contributed by atoms with Crippen LogP contribution in [0.5, 0.6) is 0 Å². The van der Waals surface area contributed by atoms with Gasteiger partial charge in [-0.25, -0.2) is 4.98 Å². The van der Waals surface area contributed by atoms with Gasteiger partial charge in [-0.1, -0.05) is 41.5 Å². The zero-order valence-electron chi connectivity index (χ0n) is 18.3. The van der Waals surface area contributed by atoms with E-state index in [2.05, 4.69) is 76.3 Å². The molecule has 0 unspecified atom stereocenters. The van der Waals surface area contributed by atoms with Crippen LogP contribution in [0.1, 0.15) is 52.9 Å². The van der Waals surface area contributed by atoms with Crippen LogP contribution in [0.4, 0.5) is 0 Å². The number of rotatable bonds is 0. The maximum absolute atomic E-state index is 5.92. The summed E-state index contributed by atoms with van der Waals surface area (Å²) in [5.41, 5.74) is 7.19. The Morgan fingerprint density at radius 3 is 2.17 bits per heavy atom. The molecule has 0 aliphatic heterocycles. The molecule has 5 heterocycles. The fourth-order valence-corrected chi connectivity index (χ4v) is 4.54. The summed E-state index contributed by atoms with van der Waals surface area (Å²) in [6, 6.07) is 13.1. The second-order valence-electron chi connectivity index (χ2n) is 10.5. The Bertz CT molecular complexity index is 1600. The fraction of sp³-hybridized carbons (Fsp3) is 0.308. The van der Waals surface area contributed by atoms with Gasteiger partial charge in [0.1, 0.15) is 22.3 Å². The summed E-state index contributed by atoms with van der Waals surface area (Å²) < 4.78 is 8.26. The van der Waals surface area contributed by atoms with Crippen molar-refractivity contribution in [3.8, 4) is 0 Å². The molecule has 6 rings (SSSR count). The number of pyridine rings is 2. The van der Waals surface area contributed by atoms with Crippen molar-refractivity contribution >= 4 is 49.4 Å². The Hall–Kier alpha value is -3.14. The summed E-state index contributed by atoms with van der Waals surface area (Å²) in [6.07, 6.45) is 1.92. The van der Waals surface area contributed by atoms with Crippen molar-refractivity contribution in [1.82, 2.24) is 14.4 Å². The molecule has 0 saturated carbocycles. The monoisotopic (exact) mass is 395 g/mol. The normalized spacial score (nSPS) is 13.7. The van der Waals surface area contributed by atoms with E-state index in [0.29, 0.717) is 0 Å². The number of hydrogen-bond acceptors (Lipinski definition) is 3. The van der Waals surface area contributed by atoms with Crippen LogP contribution in [-0.2, 0) is 10.8 Å². The minimum atomic E-state index is -0.0401. The molecule has 0 spiro atoms. The molecule has 0 saturated heterocycles. The Morgan fingerprint density at radius 1 is 0.800 bits per heavy atom. The van der Waals surface area contributed by atoms with Crippen molar-refractivity contribution < 1.29 is 4.42 Å². The van der Waals surface area contributed by atoms with Crippen LogP contribution >= 0.6 is 0 Å². The fourth-order valence-electron chi connectivity index (χ4n) is 4.54. The maximum Gasteiger partial charge on any atom is 0.146 e. The van der Waals surface area contributed by atoms with Gasteiger partial charge in [0.15, 0.2) is 0 Å². The van der Waals surface area contributed by atoms with Crippen molar-refractivity contribution in [3.63, 3.8) is 0 Å². The van der Waals surface area contributed by atoms with E-state index in [1.807, 2.05) is 12.3 Å². The van der Waals surface area contributed by atoms with Gasteiger partial charge >= 0.3 is 0 Å². The summed E-state index contributed by atoms with van der Waals surface area (Å²) in [5, 5.41) is 4.68. The molecule has 1 aromatic carbocycles. The van der Waals surface area contributed by atoms with E-state index in [1.165, 1.54) is 16.5 Å². The van der Waals surface area contributed by atoms with Crippen LogP contribution in [0.2, 0.25) is 0 Å². The smallest absolute Gasteiger partial charge is 0.146 e. The van der Waals surface area contributed by atoms with Crippen LogP contribution in [0.3, 0.4) is 0 Å². The van der Waals surface area contributed by atoms with Crippen LogP contribution < -0.4 is 0 Å². The number of hydrogen-bond donors (Lipinski definition) is 0. The molecule has 0 N–H and O–H groups in total. The molecule has 0 aliphatic rings. The predicted molar refractivity (Wildman–Crippen MR) is 124 cm³/mol. The second kappa shape index (κ2) is 5.31. The van der Waals surface area contributed by atoms with Crippen molar-refractivity contribution in [2.24, 2.45) is 0 Å². The molecule has 150 valence electrons. The van der Waals surface area contributed by atoms with E-state index in [9.17, 15) is 0 Å². The molecule has 30 heavy (non-hydrogen) atoms. The highest BCUT2D eigenvalue weighted by molar-refractivity contribution is 6.15. The van der Waals surface area contributed by atoms with Gasteiger partial charge in [0.25, 0.3) is 0 Å². The largest absolute Gasteiger partial charge is 0.456 e. The van der Waals surface area contributed by atoms with Crippen LogP contribution in [-0.4, -0.2) is 14.4 Å². The highest BCUT2D eigenvalue weighted by Crippen LogP contribution is 2.38. The highest BCUT2D eigenvalue weighted by atomic mass is 16.3. The Balaban J connectivity index is 1.83. The summed E-state index contributed by atoms with van der Waals surface area (Å²) >= 11 is 0. The minimum absolute atomic E-state index is 0.0192.